The lowest BCUT2D eigenvalue weighted by atomic mass is 10.1. The van der Waals surface area contributed by atoms with Crippen LogP contribution in [0.4, 0.5) is 0 Å². The number of carboxylic acids is 1. The third-order valence-corrected chi connectivity index (χ3v) is 3.01. The number of nitrogens with one attached hydrogen (secondary N) is 2. The maximum absolute atomic E-state index is 11.5. The van der Waals surface area contributed by atoms with E-state index >= 15 is 0 Å². The van der Waals surface area contributed by atoms with Gasteiger partial charge >= 0.3 is 5.97 Å². The van der Waals surface area contributed by atoms with Gasteiger partial charge in [0.05, 0.1) is 5.92 Å². The summed E-state index contributed by atoms with van der Waals surface area (Å²) in [5, 5.41) is 14.2. The summed E-state index contributed by atoms with van der Waals surface area (Å²) in [4.78, 5) is 32.7. The number of carboxylic acid groups (broad SMARTS) is 1. The summed E-state index contributed by atoms with van der Waals surface area (Å²) >= 11 is 0. The number of hydrogen-bond donors (Lipinski definition) is 3. The summed E-state index contributed by atoms with van der Waals surface area (Å²) in [5.74, 6) is -1.18. The van der Waals surface area contributed by atoms with E-state index in [1.807, 2.05) is 0 Å². The van der Waals surface area contributed by atoms with E-state index in [4.69, 9.17) is 5.11 Å². The van der Waals surface area contributed by atoms with E-state index < -0.39 is 5.97 Å². The number of hydrogen-bond acceptors (Lipinski definition) is 3. The molecule has 1 unspecified atom stereocenters. The Hall–Kier alpha value is -1.59. The summed E-state index contributed by atoms with van der Waals surface area (Å²) in [6.07, 6.45) is 4.33. The number of carbonyl (C=O) groups excluding carboxylic acids is 2. The van der Waals surface area contributed by atoms with Gasteiger partial charge in [-0.1, -0.05) is 13.3 Å². The fourth-order valence-corrected chi connectivity index (χ4v) is 1.70. The zero-order valence-electron chi connectivity index (χ0n) is 12.4. The standard InChI is InChI=1S/C14H26N2O4/c1-11(14(19)20)7-6-10-16-13(18)8-4-3-5-9-15-12(2)17/h11H,3-10H2,1-2H3,(H,15,17)(H,16,18)(H,19,20). The molecule has 2 amide bonds. The van der Waals surface area contributed by atoms with Gasteiger partial charge < -0.3 is 15.7 Å². The van der Waals surface area contributed by atoms with Crippen LogP contribution in [0.25, 0.3) is 0 Å². The van der Waals surface area contributed by atoms with Crippen LogP contribution in [0.15, 0.2) is 0 Å². The highest BCUT2D eigenvalue weighted by Crippen LogP contribution is 2.04. The predicted molar refractivity (Wildman–Crippen MR) is 76.2 cm³/mol. The molecule has 0 aromatic rings. The van der Waals surface area contributed by atoms with Crippen LogP contribution >= 0.6 is 0 Å². The van der Waals surface area contributed by atoms with Crippen molar-refractivity contribution in [1.82, 2.24) is 10.6 Å². The first-order valence-corrected chi connectivity index (χ1v) is 7.17. The molecule has 0 bridgehead atoms. The van der Waals surface area contributed by atoms with Crippen LogP contribution < -0.4 is 10.6 Å². The second-order valence-electron chi connectivity index (χ2n) is 5.03. The van der Waals surface area contributed by atoms with Crippen molar-refractivity contribution in [1.29, 1.82) is 0 Å². The lowest BCUT2D eigenvalue weighted by Crippen LogP contribution is -2.25. The molecule has 0 saturated heterocycles. The number of unbranched alkanes of at least 4 members (excludes halogenated alkanes) is 2. The SMILES string of the molecule is CC(=O)NCCCCCC(=O)NCCCC(C)C(=O)O. The normalized spacial score (nSPS) is 11.7. The van der Waals surface area contributed by atoms with Crippen LogP contribution in [0.5, 0.6) is 0 Å². The van der Waals surface area contributed by atoms with E-state index in [1.165, 1.54) is 6.92 Å². The molecule has 1 atom stereocenters. The summed E-state index contributed by atoms with van der Waals surface area (Å²) in [6.45, 7) is 4.34. The van der Waals surface area contributed by atoms with Gasteiger partial charge in [-0.25, -0.2) is 0 Å². The molecular weight excluding hydrogens is 260 g/mol. The number of rotatable bonds is 11. The Bertz CT molecular complexity index is 318. The Kier molecular flexibility index (Phi) is 10.4. The highest BCUT2D eigenvalue weighted by atomic mass is 16.4. The number of carbonyl (C=O) groups is 3. The molecule has 0 aliphatic carbocycles. The molecule has 0 aliphatic rings. The first-order valence-electron chi connectivity index (χ1n) is 7.17. The van der Waals surface area contributed by atoms with E-state index in [0.29, 0.717) is 32.4 Å². The van der Waals surface area contributed by atoms with Crippen molar-refractivity contribution in [2.45, 2.75) is 52.4 Å². The second kappa shape index (κ2) is 11.3. The van der Waals surface area contributed by atoms with Crippen LogP contribution in [-0.4, -0.2) is 36.0 Å². The molecular formula is C14H26N2O4. The third-order valence-electron chi connectivity index (χ3n) is 3.01. The molecule has 0 aromatic heterocycles. The van der Waals surface area contributed by atoms with E-state index in [1.54, 1.807) is 6.92 Å². The van der Waals surface area contributed by atoms with Crippen molar-refractivity contribution in [3.63, 3.8) is 0 Å². The largest absolute Gasteiger partial charge is 0.481 e. The van der Waals surface area contributed by atoms with Crippen molar-refractivity contribution in [2.24, 2.45) is 5.92 Å². The Morgan fingerprint density at radius 3 is 2.25 bits per heavy atom. The van der Waals surface area contributed by atoms with Crippen LogP contribution in [0.2, 0.25) is 0 Å². The molecule has 0 aliphatic heterocycles. The molecule has 6 nitrogen and oxygen atoms in total. The molecule has 0 rings (SSSR count). The summed E-state index contributed by atoms with van der Waals surface area (Å²) in [5.41, 5.74) is 0. The molecule has 0 spiro atoms. The molecule has 3 N–H and O–H groups in total. The van der Waals surface area contributed by atoms with Crippen LogP contribution in [-0.2, 0) is 14.4 Å². The quantitative estimate of drug-likeness (QED) is 0.499. The van der Waals surface area contributed by atoms with Gasteiger partial charge in [-0.15, -0.1) is 0 Å². The Balaban J connectivity index is 3.37. The third kappa shape index (κ3) is 11.5. The maximum Gasteiger partial charge on any atom is 0.306 e. The smallest absolute Gasteiger partial charge is 0.306 e. The number of amides is 2. The minimum absolute atomic E-state index is 0.00695. The lowest BCUT2D eigenvalue weighted by Gasteiger charge is -2.07. The van der Waals surface area contributed by atoms with Gasteiger partial charge in [0.15, 0.2) is 0 Å². The van der Waals surface area contributed by atoms with Crippen LogP contribution in [0, 0.1) is 5.92 Å². The van der Waals surface area contributed by atoms with E-state index in [-0.39, 0.29) is 17.7 Å². The zero-order valence-corrected chi connectivity index (χ0v) is 12.4. The summed E-state index contributed by atoms with van der Waals surface area (Å²) in [6, 6.07) is 0. The van der Waals surface area contributed by atoms with Gasteiger partial charge in [-0.3, -0.25) is 14.4 Å². The first kappa shape index (κ1) is 18.4. The average molecular weight is 286 g/mol. The summed E-state index contributed by atoms with van der Waals surface area (Å²) < 4.78 is 0. The van der Waals surface area contributed by atoms with Crippen LogP contribution in [0.1, 0.15) is 52.4 Å². The van der Waals surface area contributed by atoms with Gasteiger partial charge in [0.25, 0.3) is 0 Å². The molecule has 0 radical (unpaired) electrons. The molecule has 20 heavy (non-hydrogen) atoms. The molecule has 0 saturated carbocycles. The Morgan fingerprint density at radius 1 is 1.00 bits per heavy atom. The second-order valence-corrected chi connectivity index (χ2v) is 5.03. The minimum Gasteiger partial charge on any atom is -0.481 e. The van der Waals surface area contributed by atoms with Gasteiger partial charge in [-0.05, 0) is 25.7 Å². The fraction of sp³-hybridized carbons (Fsp3) is 0.786. The highest BCUT2D eigenvalue weighted by molar-refractivity contribution is 5.75. The Morgan fingerprint density at radius 2 is 1.65 bits per heavy atom. The molecule has 0 aromatic carbocycles. The lowest BCUT2D eigenvalue weighted by molar-refractivity contribution is -0.141. The average Bonchev–Trinajstić information content (AvgIpc) is 2.37. The van der Waals surface area contributed by atoms with Crippen molar-refractivity contribution in [3.8, 4) is 0 Å². The van der Waals surface area contributed by atoms with E-state index in [9.17, 15) is 14.4 Å². The van der Waals surface area contributed by atoms with Gasteiger partial charge in [0.1, 0.15) is 0 Å². The Labute approximate surface area is 120 Å². The summed E-state index contributed by atoms with van der Waals surface area (Å²) in [7, 11) is 0. The van der Waals surface area contributed by atoms with E-state index in [0.717, 1.165) is 19.3 Å². The van der Waals surface area contributed by atoms with Crippen molar-refractivity contribution in [2.75, 3.05) is 13.1 Å². The molecule has 6 heteroatoms. The first-order chi connectivity index (χ1) is 9.43. The maximum atomic E-state index is 11.5. The van der Waals surface area contributed by atoms with Crippen LogP contribution in [0.3, 0.4) is 0 Å². The number of aliphatic carboxylic acids is 1. The monoisotopic (exact) mass is 286 g/mol. The fourth-order valence-electron chi connectivity index (χ4n) is 1.70. The van der Waals surface area contributed by atoms with E-state index in [2.05, 4.69) is 10.6 Å². The van der Waals surface area contributed by atoms with Crippen molar-refractivity contribution in [3.05, 3.63) is 0 Å². The van der Waals surface area contributed by atoms with Gasteiger partial charge in [-0.2, -0.15) is 0 Å². The molecule has 0 heterocycles. The zero-order chi connectivity index (χ0) is 15.4. The van der Waals surface area contributed by atoms with Crippen molar-refractivity contribution < 1.29 is 19.5 Å². The van der Waals surface area contributed by atoms with Gasteiger partial charge in [0, 0.05) is 26.4 Å². The van der Waals surface area contributed by atoms with Gasteiger partial charge in [0.2, 0.25) is 11.8 Å². The van der Waals surface area contributed by atoms with Crippen molar-refractivity contribution >= 4 is 17.8 Å². The highest BCUT2D eigenvalue weighted by Gasteiger charge is 2.09. The predicted octanol–water partition coefficient (Wildman–Crippen LogP) is 1.30. The molecule has 116 valence electrons. The molecule has 0 fully saturated rings. The topological polar surface area (TPSA) is 95.5 Å². The minimum atomic E-state index is -0.796.